The van der Waals surface area contributed by atoms with Crippen molar-refractivity contribution in [3.8, 4) is 0 Å². The van der Waals surface area contributed by atoms with Gasteiger partial charge in [0.25, 0.3) is 0 Å². The van der Waals surface area contributed by atoms with E-state index in [1.807, 2.05) is 37.3 Å². The highest BCUT2D eigenvalue weighted by atomic mass is 16.5. The summed E-state index contributed by atoms with van der Waals surface area (Å²) in [6, 6.07) is 10.3. The minimum Gasteiger partial charge on any atom is -0.475 e. The number of benzene rings is 1. The van der Waals surface area contributed by atoms with Gasteiger partial charge in [-0.25, -0.2) is 9.78 Å². The molecule has 9 heteroatoms. The number of aromatic nitrogens is 1. The van der Waals surface area contributed by atoms with Crippen molar-refractivity contribution in [1.29, 1.82) is 5.41 Å². The van der Waals surface area contributed by atoms with E-state index in [4.69, 9.17) is 21.0 Å². The highest BCUT2D eigenvalue weighted by Gasteiger charge is 2.14. The van der Waals surface area contributed by atoms with Gasteiger partial charge in [-0.15, -0.1) is 0 Å². The Kier molecular flexibility index (Phi) is 7.09. The summed E-state index contributed by atoms with van der Waals surface area (Å²) in [5, 5.41) is 31.2. The van der Waals surface area contributed by atoms with Crippen molar-refractivity contribution in [2.75, 3.05) is 24.3 Å². The van der Waals surface area contributed by atoms with Crippen LogP contribution in [0.3, 0.4) is 0 Å². The number of carbonyl (C=O) groups is 1. The number of hydrogen-bond donors (Lipinski definition) is 6. The van der Waals surface area contributed by atoms with E-state index in [0.29, 0.717) is 0 Å². The Labute approximate surface area is 156 Å². The van der Waals surface area contributed by atoms with Gasteiger partial charge in [-0.3, -0.25) is 10.7 Å². The standard InChI is InChI=1S/C18H23N5O4/c1-11(12-5-3-2-4-6-12)22-18(26)23-16-7-15(19)14(8-21-16)17(20)27-10-13(25)9-24/h2-8,11,13,20,24-25H,9-10H2,1H3,(H4,19,21,22,23,26)/t11-,13?/m1/s1. The highest BCUT2D eigenvalue weighted by Crippen LogP contribution is 2.17. The predicted octanol–water partition coefficient (Wildman–Crippen LogP) is 1.24. The first kappa shape index (κ1) is 20.1. The molecular weight excluding hydrogens is 350 g/mol. The van der Waals surface area contributed by atoms with E-state index in [-0.39, 0.29) is 35.6 Å². The van der Waals surface area contributed by atoms with Crippen molar-refractivity contribution in [2.45, 2.75) is 19.1 Å². The Morgan fingerprint density at radius 1 is 1.37 bits per heavy atom. The first-order chi connectivity index (χ1) is 12.9. The summed E-state index contributed by atoms with van der Waals surface area (Å²) in [5.41, 5.74) is 7.24. The second-order valence-corrected chi connectivity index (χ2v) is 5.86. The largest absolute Gasteiger partial charge is 0.475 e. The SMILES string of the molecule is C[C@@H](NC(=O)Nc1cc(N)c(C(=N)OCC(O)CO)cn1)c1ccccc1. The van der Waals surface area contributed by atoms with Gasteiger partial charge < -0.3 is 26.0 Å². The predicted molar refractivity (Wildman–Crippen MR) is 102 cm³/mol. The number of pyridine rings is 1. The molecule has 9 nitrogen and oxygen atoms in total. The lowest BCUT2D eigenvalue weighted by atomic mass is 10.1. The maximum atomic E-state index is 12.1. The van der Waals surface area contributed by atoms with Crippen molar-refractivity contribution in [3.05, 3.63) is 53.7 Å². The number of anilines is 2. The maximum Gasteiger partial charge on any atom is 0.320 e. The summed E-state index contributed by atoms with van der Waals surface area (Å²) in [7, 11) is 0. The van der Waals surface area contributed by atoms with Crippen molar-refractivity contribution < 1.29 is 19.7 Å². The third-order valence-electron chi connectivity index (χ3n) is 3.70. The van der Waals surface area contributed by atoms with Crippen molar-refractivity contribution in [3.63, 3.8) is 0 Å². The molecule has 7 N–H and O–H groups in total. The average Bonchev–Trinajstić information content (AvgIpc) is 2.66. The summed E-state index contributed by atoms with van der Waals surface area (Å²) in [4.78, 5) is 16.2. The zero-order valence-electron chi connectivity index (χ0n) is 14.8. The average molecular weight is 373 g/mol. The van der Waals surface area contributed by atoms with Crippen LogP contribution in [0.1, 0.15) is 24.1 Å². The van der Waals surface area contributed by atoms with Gasteiger partial charge in [0.05, 0.1) is 18.2 Å². The molecule has 0 radical (unpaired) electrons. The van der Waals surface area contributed by atoms with Crippen LogP contribution in [0.4, 0.5) is 16.3 Å². The Bertz CT molecular complexity index is 785. The van der Waals surface area contributed by atoms with E-state index in [9.17, 15) is 9.90 Å². The normalized spacial score (nSPS) is 12.7. The molecule has 2 rings (SSSR count). The number of rotatable bonds is 7. The molecule has 144 valence electrons. The van der Waals surface area contributed by atoms with Crippen LogP contribution in [-0.2, 0) is 4.74 Å². The number of nitrogens with zero attached hydrogens (tertiary/aromatic N) is 1. The van der Waals surface area contributed by atoms with E-state index >= 15 is 0 Å². The number of aliphatic hydroxyl groups is 2. The van der Waals surface area contributed by atoms with Crippen LogP contribution in [-0.4, -0.2) is 46.4 Å². The Morgan fingerprint density at radius 3 is 2.70 bits per heavy atom. The van der Waals surface area contributed by atoms with Gasteiger partial charge in [-0.05, 0) is 12.5 Å². The molecule has 0 saturated carbocycles. The van der Waals surface area contributed by atoms with Gasteiger partial charge in [-0.1, -0.05) is 30.3 Å². The highest BCUT2D eigenvalue weighted by molar-refractivity contribution is 5.97. The molecule has 0 saturated heterocycles. The molecule has 27 heavy (non-hydrogen) atoms. The molecule has 1 aromatic carbocycles. The van der Waals surface area contributed by atoms with Crippen LogP contribution in [0.5, 0.6) is 0 Å². The van der Waals surface area contributed by atoms with Crippen molar-refractivity contribution in [1.82, 2.24) is 10.3 Å². The zero-order valence-corrected chi connectivity index (χ0v) is 14.8. The number of hydrogen-bond acceptors (Lipinski definition) is 7. The molecule has 1 heterocycles. The molecule has 0 fully saturated rings. The molecule has 0 spiro atoms. The number of aliphatic hydroxyl groups excluding tert-OH is 2. The van der Waals surface area contributed by atoms with E-state index in [1.54, 1.807) is 0 Å². The molecule has 1 unspecified atom stereocenters. The first-order valence-corrected chi connectivity index (χ1v) is 8.29. The van der Waals surface area contributed by atoms with Crippen molar-refractivity contribution in [2.24, 2.45) is 0 Å². The molecule has 0 bridgehead atoms. The maximum absolute atomic E-state index is 12.1. The fraction of sp³-hybridized carbons (Fsp3) is 0.278. The van der Waals surface area contributed by atoms with Crippen LogP contribution >= 0.6 is 0 Å². The molecular formula is C18H23N5O4. The van der Waals surface area contributed by atoms with E-state index in [1.165, 1.54) is 12.3 Å². The van der Waals surface area contributed by atoms with Crippen LogP contribution in [0, 0.1) is 5.41 Å². The lowest BCUT2D eigenvalue weighted by molar-refractivity contribution is 0.0496. The lowest BCUT2D eigenvalue weighted by Crippen LogP contribution is -2.31. The number of ether oxygens (including phenoxy) is 1. The van der Waals surface area contributed by atoms with Gasteiger partial charge >= 0.3 is 6.03 Å². The Morgan fingerprint density at radius 2 is 2.07 bits per heavy atom. The summed E-state index contributed by atoms with van der Waals surface area (Å²) in [6.45, 7) is 1.15. The molecule has 0 aliphatic heterocycles. The molecule has 2 amide bonds. The van der Waals surface area contributed by atoms with Crippen LogP contribution in [0.25, 0.3) is 0 Å². The van der Waals surface area contributed by atoms with Gasteiger partial charge in [0, 0.05) is 18.0 Å². The van der Waals surface area contributed by atoms with E-state index in [2.05, 4.69) is 15.6 Å². The van der Waals surface area contributed by atoms with E-state index in [0.717, 1.165) is 5.56 Å². The van der Waals surface area contributed by atoms with Gasteiger partial charge in [0.2, 0.25) is 5.90 Å². The lowest BCUT2D eigenvalue weighted by Gasteiger charge is -2.15. The summed E-state index contributed by atoms with van der Waals surface area (Å²) in [6.07, 6.45) is 0.204. The minimum atomic E-state index is -1.09. The van der Waals surface area contributed by atoms with Gasteiger partial charge in [0.15, 0.2) is 0 Å². The molecule has 1 aromatic heterocycles. The number of urea groups is 1. The smallest absolute Gasteiger partial charge is 0.320 e. The van der Waals surface area contributed by atoms with Crippen LogP contribution < -0.4 is 16.4 Å². The number of nitrogens with two attached hydrogens (primary N) is 1. The monoisotopic (exact) mass is 373 g/mol. The number of amides is 2. The van der Waals surface area contributed by atoms with Gasteiger partial charge in [0.1, 0.15) is 18.5 Å². The third-order valence-corrected chi connectivity index (χ3v) is 3.70. The minimum absolute atomic E-state index is 0.180. The quantitative estimate of drug-likeness (QED) is 0.317. The molecule has 0 aliphatic rings. The topological polar surface area (TPSA) is 154 Å². The van der Waals surface area contributed by atoms with Crippen molar-refractivity contribution >= 4 is 23.4 Å². The number of nitrogen functional groups attached to an aromatic ring is 1. The molecule has 2 aromatic rings. The third kappa shape index (κ3) is 5.94. The number of carbonyl (C=O) groups excluding carboxylic acids is 1. The zero-order chi connectivity index (χ0) is 19.8. The second kappa shape index (κ2) is 9.51. The van der Waals surface area contributed by atoms with Crippen LogP contribution in [0.2, 0.25) is 0 Å². The summed E-state index contributed by atoms with van der Waals surface area (Å²) >= 11 is 0. The molecule has 0 aliphatic carbocycles. The van der Waals surface area contributed by atoms with Crippen LogP contribution in [0.15, 0.2) is 42.6 Å². The molecule has 2 atom stereocenters. The summed E-state index contributed by atoms with van der Waals surface area (Å²) in [5.74, 6) is -0.0709. The Balaban J connectivity index is 1.94. The first-order valence-electron chi connectivity index (χ1n) is 8.29. The summed E-state index contributed by atoms with van der Waals surface area (Å²) < 4.78 is 5.04. The fourth-order valence-electron chi connectivity index (χ4n) is 2.21. The van der Waals surface area contributed by atoms with Gasteiger partial charge in [-0.2, -0.15) is 0 Å². The van der Waals surface area contributed by atoms with E-state index < -0.39 is 18.7 Å². The Hall–Kier alpha value is -3.17. The fourth-order valence-corrected chi connectivity index (χ4v) is 2.21. The number of nitrogens with one attached hydrogen (secondary N) is 3. The second-order valence-electron chi connectivity index (χ2n) is 5.86.